The summed E-state index contributed by atoms with van der Waals surface area (Å²) in [5.41, 5.74) is 1.04. The number of benzene rings is 1. The zero-order valence-corrected chi connectivity index (χ0v) is 12.8. The van der Waals surface area contributed by atoms with Gasteiger partial charge in [-0.3, -0.25) is 4.90 Å². The molecule has 1 aromatic rings. The molecule has 1 aromatic carbocycles. The average Bonchev–Trinajstić information content (AvgIpc) is 2.47. The third kappa shape index (κ3) is 4.42. The normalized spacial score (nSPS) is 16.2. The quantitative estimate of drug-likeness (QED) is 0.858. The van der Waals surface area contributed by atoms with Crippen molar-refractivity contribution in [2.24, 2.45) is 0 Å². The van der Waals surface area contributed by atoms with Crippen LogP contribution in [0.25, 0.3) is 0 Å². The van der Waals surface area contributed by atoms with Crippen LogP contribution in [0.5, 0.6) is 0 Å². The van der Waals surface area contributed by atoms with E-state index in [2.05, 4.69) is 22.0 Å². The van der Waals surface area contributed by atoms with Crippen LogP contribution in [0.1, 0.15) is 18.9 Å². The topological polar surface area (TPSA) is 18.5 Å². The van der Waals surface area contributed by atoms with Crippen LogP contribution in [0.4, 0.5) is 4.39 Å². The van der Waals surface area contributed by atoms with Gasteiger partial charge in [-0.25, -0.2) is 4.39 Å². The first-order valence-corrected chi connectivity index (χ1v) is 7.59. The van der Waals surface area contributed by atoms with Crippen LogP contribution in [0, 0.1) is 5.82 Å². The number of rotatable bonds is 4. The van der Waals surface area contributed by atoms with Crippen molar-refractivity contribution in [1.82, 2.24) is 15.1 Å². The molecule has 110 valence electrons. The summed E-state index contributed by atoms with van der Waals surface area (Å²) in [5, 5.41) is 4.05. The van der Waals surface area contributed by atoms with Crippen molar-refractivity contribution in [3.05, 3.63) is 35.6 Å². The van der Waals surface area contributed by atoms with Gasteiger partial charge in [0.15, 0.2) is 5.11 Å². The van der Waals surface area contributed by atoms with Gasteiger partial charge in [0.1, 0.15) is 5.82 Å². The molecule has 1 saturated heterocycles. The van der Waals surface area contributed by atoms with E-state index in [1.807, 2.05) is 0 Å². The Hall–Kier alpha value is -1.20. The van der Waals surface area contributed by atoms with Gasteiger partial charge in [0.25, 0.3) is 0 Å². The summed E-state index contributed by atoms with van der Waals surface area (Å²) >= 11 is 5.42. The fraction of sp³-hybridized carbons (Fsp3) is 0.533. The van der Waals surface area contributed by atoms with E-state index in [1.165, 1.54) is 25.1 Å². The first kappa shape index (κ1) is 15.2. The highest BCUT2D eigenvalue weighted by atomic mass is 32.1. The molecule has 0 atom stereocenters. The molecule has 0 amide bonds. The van der Waals surface area contributed by atoms with Gasteiger partial charge >= 0.3 is 0 Å². The van der Waals surface area contributed by atoms with Crippen molar-refractivity contribution in [3.8, 4) is 0 Å². The summed E-state index contributed by atoms with van der Waals surface area (Å²) in [5.74, 6) is -0.205. The van der Waals surface area contributed by atoms with Gasteiger partial charge < -0.3 is 10.2 Å². The zero-order valence-electron chi connectivity index (χ0n) is 11.9. The van der Waals surface area contributed by atoms with Gasteiger partial charge in [0, 0.05) is 32.7 Å². The predicted octanol–water partition coefficient (Wildman–Crippen LogP) is 2.23. The van der Waals surface area contributed by atoms with Gasteiger partial charge in [-0.2, -0.15) is 0 Å². The van der Waals surface area contributed by atoms with Crippen LogP contribution < -0.4 is 5.32 Å². The molecule has 0 spiro atoms. The number of nitrogens with zero attached hydrogens (tertiary/aromatic N) is 2. The van der Waals surface area contributed by atoms with E-state index in [0.717, 1.165) is 36.9 Å². The maximum atomic E-state index is 12.8. The highest BCUT2D eigenvalue weighted by molar-refractivity contribution is 7.80. The van der Waals surface area contributed by atoms with E-state index in [4.69, 9.17) is 12.2 Å². The summed E-state index contributed by atoms with van der Waals surface area (Å²) < 4.78 is 12.8. The first-order valence-electron chi connectivity index (χ1n) is 7.18. The number of nitrogens with one attached hydrogen (secondary N) is 1. The number of piperazine rings is 1. The van der Waals surface area contributed by atoms with E-state index < -0.39 is 0 Å². The van der Waals surface area contributed by atoms with Crippen molar-refractivity contribution in [3.63, 3.8) is 0 Å². The largest absolute Gasteiger partial charge is 0.358 e. The van der Waals surface area contributed by atoms with Crippen LogP contribution >= 0.6 is 12.2 Å². The van der Waals surface area contributed by atoms with Gasteiger partial charge in [-0.15, -0.1) is 0 Å². The van der Waals surface area contributed by atoms with Crippen molar-refractivity contribution >= 4 is 17.3 Å². The van der Waals surface area contributed by atoms with Gasteiger partial charge in [0.05, 0.1) is 0 Å². The van der Waals surface area contributed by atoms with Crippen molar-refractivity contribution < 1.29 is 4.39 Å². The lowest BCUT2D eigenvalue weighted by Crippen LogP contribution is -2.51. The molecule has 1 N–H and O–H groups in total. The molecule has 5 heteroatoms. The molecule has 3 nitrogen and oxygen atoms in total. The van der Waals surface area contributed by atoms with Crippen LogP contribution in [0.15, 0.2) is 24.3 Å². The van der Waals surface area contributed by atoms with Gasteiger partial charge in [0.2, 0.25) is 0 Å². The van der Waals surface area contributed by atoms with Gasteiger partial charge in [-0.1, -0.05) is 19.1 Å². The monoisotopic (exact) mass is 295 g/mol. The summed E-state index contributed by atoms with van der Waals surface area (Å²) in [7, 11) is 0. The Kier molecular flexibility index (Phi) is 5.73. The second-order valence-corrected chi connectivity index (χ2v) is 5.50. The Balaban J connectivity index is 1.74. The standard InChI is InChI=1S/C15H22FN3S/c1-2-7-18-8-10-19(11-9-18)15(20)17-12-13-3-5-14(16)6-4-13/h3-6H,2,7-12H2,1H3,(H,17,20). The molecule has 1 aliphatic heterocycles. The molecule has 1 aliphatic rings. The van der Waals surface area contributed by atoms with E-state index in [0.29, 0.717) is 6.54 Å². The highest BCUT2D eigenvalue weighted by Crippen LogP contribution is 2.05. The van der Waals surface area contributed by atoms with E-state index in [1.54, 1.807) is 12.1 Å². The molecule has 0 aromatic heterocycles. The molecule has 20 heavy (non-hydrogen) atoms. The smallest absolute Gasteiger partial charge is 0.169 e. The number of halogens is 1. The second kappa shape index (κ2) is 7.55. The Labute approximate surface area is 125 Å². The highest BCUT2D eigenvalue weighted by Gasteiger charge is 2.17. The van der Waals surface area contributed by atoms with E-state index in [9.17, 15) is 4.39 Å². The molecular weight excluding hydrogens is 273 g/mol. The number of thiocarbonyl (C=S) groups is 1. The summed E-state index contributed by atoms with van der Waals surface area (Å²) in [4.78, 5) is 4.68. The third-order valence-corrected chi connectivity index (χ3v) is 3.96. The Morgan fingerprint density at radius 2 is 1.85 bits per heavy atom. The van der Waals surface area contributed by atoms with Crippen molar-refractivity contribution in [2.75, 3.05) is 32.7 Å². The lowest BCUT2D eigenvalue weighted by atomic mass is 10.2. The van der Waals surface area contributed by atoms with E-state index in [-0.39, 0.29) is 5.82 Å². The average molecular weight is 295 g/mol. The molecular formula is C15H22FN3S. The zero-order chi connectivity index (χ0) is 14.4. The number of hydrogen-bond acceptors (Lipinski definition) is 2. The van der Waals surface area contributed by atoms with Crippen molar-refractivity contribution in [2.45, 2.75) is 19.9 Å². The lowest BCUT2D eigenvalue weighted by Gasteiger charge is -2.36. The minimum absolute atomic E-state index is 0.205. The number of hydrogen-bond donors (Lipinski definition) is 1. The lowest BCUT2D eigenvalue weighted by molar-refractivity contribution is 0.181. The molecule has 0 unspecified atom stereocenters. The maximum Gasteiger partial charge on any atom is 0.169 e. The Bertz CT molecular complexity index is 427. The summed E-state index contributed by atoms with van der Waals surface area (Å²) in [6, 6.07) is 6.52. The van der Waals surface area contributed by atoms with Gasteiger partial charge in [-0.05, 0) is 42.9 Å². The van der Waals surface area contributed by atoms with Crippen molar-refractivity contribution in [1.29, 1.82) is 0 Å². The first-order chi connectivity index (χ1) is 9.69. The minimum atomic E-state index is -0.205. The molecule has 0 bridgehead atoms. The fourth-order valence-electron chi connectivity index (χ4n) is 2.38. The van der Waals surface area contributed by atoms with Crippen LogP contribution in [0.3, 0.4) is 0 Å². The van der Waals surface area contributed by atoms with Crippen LogP contribution in [-0.4, -0.2) is 47.6 Å². The minimum Gasteiger partial charge on any atom is -0.358 e. The SMILES string of the molecule is CCCN1CCN(C(=S)NCc2ccc(F)cc2)CC1. The summed E-state index contributed by atoms with van der Waals surface area (Å²) in [6.45, 7) is 8.14. The van der Waals surface area contributed by atoms with Crippen LogP contribution in [0.2, 0.25) is 0 Å². The second-order valence-electron chi connectivity index (χ2n) is 5.11. The maximum absolute atomic E-state index is 12.8. The molecule has 2 rings (SSSR count). The third-order valence-electron chi connectivity index (χ3n) is 3.56. The molecule has 1 heterocycles. The Morgan fingerprint density at radius 1 is 1.20 bits per heavy atom. The van der Waals surface area contributed by atoms with E-state index >= 15 is 0 Å². The van der Waals surface area contributed by atoms with Crippen LogP contribution in [-0.2, 0) is 6.54 Å². The fourth-order valence-corrected chi connectivity index (χ4v) is 2.64. The Morgan fingerprint density at radius 3 is 2.45 bits per heavy atom. The predicted molar refractivity (Wildman–Crippen MR) is 84.1 cm³/mol. The molecule has 0 saturated carbocycles. The molecule has 0 radical (unpaired) electrons. The molecule has 1 fully saturated rings. The summed E-state index contributed by atoms with van der Waals surface area (Å²) in [6.07, 6.45) is 1.20. The molecule has 0 aliphatic carbocycles.